The van der Waals surface area contributed by atoms with Gasteiger partial charge in [-0.15, -0.1) is 11.3 Å². The Kier molecular flexibility index (Phi) is 5.84. The van der Waals surface area contributed by atoms with Crippen molar-refractivity contribution in [3.63, 3.8) is 0 Å². The first-order valence-corrected chi connectivity index (χ1v) is 10.7. The SMILES string of the molecule is CNC(=O)c1sc2ncccc2c1C1CN(C(=O)Cn2c(C)cc(C)nc2=O)CCO1. The van der Waals surface area contributed by atoms with Gasteiger partial charge in [0.2, 0.25) is 5.91 Å². The molecule has 0 spiro atoms. The van der Waals surface area contributed by atoms with Crippen LogP contribution < -0.4 is 11.0 Å². The number of amides is 2. The fraction of sp³-hybridized carbons (Fsp3) is 0.381. The number of hydrogen-bond donors (Lipinski definition) is 1. The van der Waals surface area contributed by atoms with Crippen LogP contribution in [0.3, 0.4) is 0 Å². The third-order valence-corrected chi connectivity index (χ3v) is 6.45. The molecule has 0 radical (unpaired) electrons. The van der Waals surface area contributed by atoms with Crippen molar-refractivity contribution in [1.29, 1.82) is 0 Å². The average Bonchev–Trinajstić information content (AvgIpc) is 3.15. The van der Waals surface area contributed by atoms with Crippen molar-refractivity contribution in [1.82, 2.24) is 24.8 Å². The van der Waals surface area contributed by atoms with Gasteiger partial charge in [0, 0.05) is 42.1 Å². The molecule has 10 heteroatoms. The van der Waals surface area contributed by atoms with Gasteiger partial charge in [0.1, 0.15) is 22.4 Å². The molecule has 0 saturated carbocycles. The molecule has 0 aliphatic carbocycles. The van der Waals surface area contributed by atoms with Crippen LogP contribution in [-0.2, 0) is 16.1 Å². The number of nitrogens with one attached hydrogen (secondary N) is 1. The maximum atomic E-state index is 13.0. The van der Waals surface area contributed by atoms with E-state index in [9.17, 15) is 14.4 Å². The van der Waals surface area contributed by atoms with E-state index in [-0.39, 0.29) is 24.9 Å². The minimum Gasteiger partial charge on any atom is -0.370 e. The van der Waals surface area contributed by atoms with Crippen LogP contribution in [0.15, 0.2) is 29.2 Å². The van der Waals surface area contributed by atoms with Crippen molar-refractivity contribution in [2.45, 2.75) is 26.5 Å². The van der Waals surface area contributed by atoms with Crippen LogP contribution in [0.2, 0.25) is 0 Å². The topological polar surface area (TPSA) is 106 Å². The molecular formula is C21H23N5O4S. The molecule has 1 aliphatic rings. The zero-order valence-corrected chi connectivity index (χ0v) is 18.4. The zero-order chi connectivity index (χ0) is 22.1. The maximum absolute atomic E-state index is 13.0. The summed E-state index contributed by atoms with van der Waals surface area (Å²) in [5, 5.41) is 3.52. The van der Waals surface area contributed by atoms with E-state index in [4.69, 9.17) is 4.74 Å². The summed E-state index contributed by atoms with van der Waals surface area (Å²) in [4.78, 5) is 49.0. The van der Waals surface area contributed by atoms with E-state index in [1.807, 2.05) is 12.1 Å². The quantitative estimate of drug-likeness (QED) is 0.657. The number of pyridine rings is 1. The summed E-state index contributed by atoms with van der Waals surface area (Å²) in [5.74, 6) is -0.402. The normalized spacial score (nSPS) is 16.5. The first-order chi connectivity index (χ1) is 14.9. The van der Waals surface area contributed by atoms with E-state index in [0.29, 0.717) is 29.4 Å². The van der Waals surface area contributed by atoms with Crippen LogP contribution >= 0.6 is 11.3 Å². The highest BCUT2D eigenvalue weighted by Crippen LogP contribution is 2.37. The number of carbonyl (C=O) groups is 2. The minimum absolute atomic E-state index is 0.0844. The molecule has 9 nitrogen and oxygen atoms in total. The largest absolute Gasteiger partial charge is 0.370 e. The second kappa shape index (κ2) is 8.56. The average molecular weight is 442 g/mol. The van der Waals surface area contributed by atoms with Crippen LogP contribution in [0.25, 0.3) is 10.2 Å². The molecule has 1 fully saturated rings. The van der Waals surface area contributed by atoms with Crippen molar-refractivity contribution in [2.75, 3.05) is 26.7 Å². The highest BCUT2D eigenvalue weighted by Gasteiger charge is 2.31. The predicted molar refractivity (Wildman–Crippen MR) is 116 cm³/mol. The van der Waals surface area contributed by atoms with Crippen molar-refractivity contribution < 1.29 is 14.3 Å². The molecule has 3 aromatic rings. The summed E-state index contributed by atoms with van der Waals surface area (Å²) < 4.78 is 7.36. The number of ether oxygens (including phenoxy) is 1. The second-order valence-electron chi connectivity index (χ2n) is 7.39. The van der Waals surface area contributed by atoms with E-state index in [1.54, 1.807) is 38.1 Å². The Morgan fingerprint density at radius 2 is 2.16 bits per heavy atom. The number of nitrogens with zero attached hydrogens (tertiary/aromatic N) is 4. The molecule has 162 valence electrons. The smallest absolute Gasteiger partial charge is 0.348 e. The lowest BCUT2D eigenvalue weighted by molar-refractivity contribution is -0.139. The van der Waals surface area contributed by atoms with Crippen LogP contribution in [0.5, 0.6) is 0 Å². The molecule has 1 aliphatic heterocycles. The van der Waals surface area contributed by atoms with E-state index < -0.39 is 11.8 Å². The molecule has 31 heavy (non-hydrogen) atoms. The first-order valence-electron chi connectivity index (χ1n) is 9.93. The molecule has 2 amide bonds. The molecule has 1 atom stereocenters. The third kappa shape index (κ3) is 4.08. The van der Waals surface area contributed by atoms with Crippen molar-refractivity contribution in [2.24, 2.45) is 0 Å². The fourth-order valence-electron chi connectivity index (χ4n) is 3.81. The minimum atomic E-state index is -0.461. The van der Waals surface area contributed by atoms with Crippen LogP contribution in [-0.4, -0.2) is 58.0 Å². The van der Waals surface area contributed by atoms with Crippen molar-refractivity contribution in [3.05, 3.63) is 56.7 Å². The number of rotatable bonds is 4. The maximum Gasteiger partial charge on any atom is 0.348 e. The number of morpholine rings is 1. The van der Waals surface area contributed by atoms with E-state index in [0.717, 1.165) is 15.8 Å². The zero-order valence-electron chi connectivity index (χ0n) is 17.5. The summed E-state index contributed by atoms with van der Waals surface area (Å²) in [6.07, 6.45) is 1.22. The van der Waals surface area contributed by atoms with Gasteiger partial charge in [0.25, 0.3) is 5.91 Å². The van der Waals surface area contributed by atoms with Gasteiger partial charge in [-0.05, 0) is 26.0 Å². The number of fused-ring (bicyclic) bond motifs is 1. The molecule has 3 aromatic heterocycles. The fourth-order valence-corrected chi connectivity index (χ4v) is 4.95. The lowest BCUT2D eigenvalue weighted by atomic mass is 10.0. The number of carbonyl (C=O) groups excluding carboxylic acids is 2. The number of hydrogen-bond acceptors (Lipinski definition) is 7. The Balaban J connectivity index is 1.62. The lowest BCUT2D eigenvalue weighted by Gasteiger charge is -2.33. The summed E-state index contributed by atoms with van der Waals surface area (Å²) >= 11 is 1.31. The molecule has 0 aromatic carbocycles. The molecule has 4 rings (SSSR count). The summed E-state index contributed by atoms with van der Waals surface area (Å²) in [6.45, 7) is 4.48. The van der Waals surface area contributed by atoms with Gasteiger partial charge in [-0.1, -0.05) is 6.07 Å². The Bertz CT molecular complexity index is 1220. The third-order valence-electron chi connectivity index (χ3n) is 5.32. The molecule has 4 heterocycles. The second-order valence-corrected chi connectivity index (χ2v) is 8.39. The summed E-state index contributed by atoms with van der Waals surface area (Å²) in [5.41, 5.74) is 1.62. The predicted octanol–water partition coefficient (Wildman–Crippen LogP) is 1.43. The Labute approximate surface area is 182 Å². The van der Waals surface area contributed by atoms with Gasteiger partial charge in [-0.2, -0.15) is 4.98 Å². The number of thiophene rings is 1. The van der Waals surface area contributed by atoms with Crippen LogP contribution in [0.1, 0.15) is 32.7 Å². The number of aromatic nitrogens is 3. The molecule has 0 bridgehead atoms. The highest BCUT2D eigenvalue weighted by atomic mass is 32.1. The van der Waals surface area contributed by atoms with Crippen LogP contribution in [0, 0.1) is 13.8 Å². The monoisotopic (exact) mass is 441 g/mol. The van der Waals surface area contributed by atoms with Crippen molar-refractivity contribution in [3.8, 4) is 0 Å². The van der Waals surface area contributed by atoms with Gasteiger partial charge in [-0.25, -0.2) is 9.78 Å². The van der Waals surface area contributed by atoms with Crippen LogP contribution in [0.4, 0.5) is 0 Å². The van der Waals surface area contributed by atoms with E-state index in [2.05, 4.69) is 15.3 Å². The summed E-state index contributed by atoms with van der Waals surface area (Å²) in [7, 11) is 1.58. The Morgan fingerprint density at radius 3 is 2.90 bits per heavy atom. The van der Waals surface area contributed by atoms with Gasteiger partial charge in [-0.3, -0.25) is 14.2 Å². The molecule has 1 unspecified atom stereocenters. The van der Waals surface area contributed by atoms with E-state index >= 15 is 0 Å². The van der Waals surface area contributed by atoms with Gasteiger partial charge >= 0.3 is 5.69 Å². The van der Waals surface area contributed by atoms with Gasteiger partial charge in [0.15, 0.2) is 0 Å². The van der Waals surface area contributed by atoms with Crippen molar-refractivity contribution >= 4 is 33.4 Å². The standard InChI is InChI=1S/C21H23N5O4S/c1-12-9-13(2)26(21(29)24-12)11-16(27)25-7-8-30-15(10-25)17-14-5-4-6-23-20(14)31-18(17)19(28)22-3/h4-6,9,15H,7-8,10-11H2,1-3H3,(H,22,28). The van der Waals surface area contributed by atoms with Gasteiger partial charge < -0.3 is 15.0 Å². The molecule has 1 N–H and O–H groups in total. The first kappa shape index (κ1) is 21.1. The van der Waals surface area contributed by atoms with E-state index in [1.165, 1.54) is 15.9 Å². The Hall–Kier alpha value is -3.11. The summed E-state index contributed by atoms with van der Waals surface area (Å²) in [6, 6.07) is 5.50. The molecular weight excluding hydrogens is 418 g/mol. The van der Waals surface area contributed by atoms with Gasteiger partial charge in [0.05, 0.1) is 13.2 Å². The lowest BCUT2D eigenvalue weighted by Crippen LogP contribution is -2.45. The number of aryl methyl sites for hydroxylation is 2. The Morgan fingerprint density at radius 1 is 1.35 bits per heavy atom. The highest BCUT2D eigenvalue weighted by molar-refractivity contribution is 7.20. The molecule has 1 saturated heterocycles.